The monoisotopic (exact) mass is 519 g/mol. The first-order valence-corrected chi connectivity index (χ1v) is 13.4. The van der Waals surface area contributed by atoms with E-state index in [2.05, 4.69) is 34.9 Å². The number of primary amides is 1. The molecule has 2 aliphatic heterocycles. The van der Waals surface area contributed by atoms with Crippen molar-refractivity contribution in [1.82, 2.24) is 4.90 Å². The van der Waals surface area contributed by atoms with Crippen molar-refractivity contribution >= 4 is 11.6 Å². The quantitative estimate of drug-likeness (QED) is 0.407. The Bertz CT molecular complexity index is 1260. The number of hydrogen-bond donors (Lipinski definition) is 1. The van der Waals surface area contributed by atoms with E-state index in [1.54, 1.807) is 0 Å². The van der Waals surface area contributed by atoms with Gasteiger partial charge in [-0.2, -0.15) is 0 Å². The number of halogens is 2. The Kier molecular flexibility index (Phi) is 7.93. The molecule has 0 aromatic heterocycles. The third kappa shape index (κ3) is 6.16. The van der Waals surface area contributed by atoms with E-state index in [-0.39, 0.29) is 17.6 Å². The third-order valence-electron chi connectivity index (χ3n) is 8.01. The van der Waals surface area contributed by atoms with Crippen LogP contribution in [0.25, 0.3) is 0 Å². The fraction of sp³-hybridized carbons (Fsp3) is 0.387. The topological polar surface area (TPSA) is 58.8 Å². The Morgan fingerprint density at radius 2 is 1.55 bits per heavy atom. The summed E-state index contributed by atoms with van der Waals surface area (Å²) >= 11 is 0. The van der Waals surface area contributed by atoms with Crippen LogP contribution in [0.1, 0.15) is 48.3 Å². The lowest BCUT2D eigenvalue weighted by atomic mass is 9.86. The van der Waals surface area contributed by atoms with Gasteiger partial charge in [-0.25, -0.2) is 8.78 Å². The van der Waals surface area contributed by atoms with Crippen molar-refractivity contribution in [2.45, 2.75) is 45.1 Å². The molecule has 2 fully saturated rings. The number of likely N-dealkylation sites (tertiary alicyclic amines) is 1. The number of rotatable bonds is 7. The molecule has 2 N–H and O–H groups in total. The van der Waals surface area contributed by atoms with Crippen molar-refractivity contribution in [3.05, 3.63) is 89.0 Å². The number of anilines is 1. The maximum Gasteiger partial charge on any atom is 0.220 e. The summed E-state index contributed by atoms with van der Waals surface area (Å²) in [6.45, 7) is 6.88. The highest BCUT2D eigenvalue weighted by atomic mass is 19.2. The summed E-state index contributed by atoms with van der Waals surface area (Å²) in [5.41, 5.74) is 10.7. The zero-order valence-electron chi connectivity index (χ0n) is 21.8. The van der Waals surface area contributed by atoms with Crippen LogP contribution in [0, 0.1) is 24.5 Å². The van der Waals surface area contributed by atoms with Gasteiger partial charge in [0.15, 0.2) is 11.6 Å². The van der Waals surface area contributed by atoms with Crippen molar-refractivity contribution in [2.75, 3.05) is 31.1 Å². The van der Waals surface area contributed by atoms with Gasteiger partial charge in [0.2, 0.25) is 5.91 Å². The van der Waals surface area contributed by atoms with Gasteiger partial charge in [-0.05, 0) is 105 Å². The number of carbonyl (C=O) groups is 1. The van der Waals surface area contributed by atoms with Gasteiger partial charge in [0, 0.05) is 37.3 Å². The summed E-state index contributed by atoms with van der Waals surface area (Å²) in [5, 5.41) is 0. The van der Waals surface area contributed by atoms with E-state index in [0.717, 1.165) is 70.5 Å². The molecule has 0 bridgehead atoms. The second-order valence-electron chi connectivity index (χ2n) is 10.6. The Morgan fingerprint density at radius 1 is 0.868 bits per heavy atom. The fourth-order valence-corrected chi connectivity index (χ4v) is 5.69. The van der Waals surface area contributed by atoms with Gasteiger partial charge in [-0.1, -0.05) is 18.2 Å². The van der Waals surface area contributed by atoms with Gasteiger partial charge in [0.05, 0.1) is 0 Å². The SMILES string of the molecule is Cc1ccc(N2CCC(C(N)=O)CC2)cc1C1CCN(Cc2ccc(Oc3ccc(F)c(F)c3)cc2)CC1. The lowest BCUT2D eigenvalue weighted by Gasteiger charge is -2.35. The maximum atomic E-state index is 13.4. The maximum absolute atomic E-state index is 13.4. The Labute approximate surface area is 223 Å². The third-order valence-corrected chi connectivity index (χ3v) is 8.01. The first-order chi connectivity index (χ1) is 18.4. The Hall–Kier alpha value is -3.45. The molecule has 7 heteroatoms. The molecule has 3 aromatic carbocycles. The summed E-state index contributed by atoms with van der Waals surface area (Å²) in [6.07, 6.45) is 3.89. The first kappa shape index (κ1) is 26.2. The van der Waals surface area contributed by atoms with E-state index >= 15 is 0 Å². The van der Waals surface area contributed by atoms with E-state index in [0.29, 0.717) is 11.7 Å². The van der Waals surface area contributed by atoms with Crippen LogP contribution in [0.4, 0.5) is 14.5 Å². The Balaban J connectivity index is 1.14. The van der Waals surface area contributed by atoms with Gasteiger partial charge < -0.3 is 15.4 Å². The van der Waals surface area contributed by atoms with Crippen LogP contribution in [0.3, 0.4) is 0 Å². The van der Waals surface area contributed by atoms with Crippen molar-refractivity contribution in [2.24, 2.45) is 11.7 Å². The molecule has 5 rings (SSSR count). The van der Waals surface area contributed by atoms with Crippen LogP contribution in [0.15, 0.2) is 60.7 Å². The largest absolute Gasteiger partial charge is 0.457 e. The molecule has 2 heterocycles. The van der Waals surface area contributed by atoms with Gasteiger partial charge in [0.1, 0.15) is 11.5 Å². The second-order valence-corrected chi connectivity index (χ2v) is 10.6. The molecule has 0 saturated carbocycles. The lowest BCUT2D eigenvalue weighted by molar-refractivity contribution is -0.122. The minimum Gasteiger partial charge on any atom is -0.457 e. The van der Waals surface area contributed by atoms with Crippen LogP contribution in [-0.2, 0) is 11.3 Å². The van der Waals surface area contributed by atoms with E-state index in [4.69, 9.17) is 10.5 Å². The zero-order chi connectivity index (χ0) is 26.6. The number of piperidine rings is 2. The number of amides is 1. The van der Waals surface area contributed by atoms with Gasteiger partial charge in [-0.15, -0.1) is 0 Å². The molecule has 200 valence electrons. The fourth-order valence-electron chi connectivity index (χ4n) is 5.69. The van der Waals surface area contributed by atoms with Gasteiger partial charge in [-0.3, -0.25) is 9.69 Å². The molecule has 0 atom stereocenters. The summed E-state index contributed by atoms with van der Waals surface area (Å²) < 4.78 is 32.2. The molecular formula is C31H35F2N3O2. The highest BCUT2D eigenvalue weighted by molar-refractivity contribution is 5.77. The molecule has 38 heavy (non-hydrogen) atoms. The highest BCUT2D eigenvalue weighted by Gasteiger charge is 2.26. The zero-order valence-corrected chi connectivity index (χ0v) is 21.8. The minimum absolute atomic E-state index is 0.00333. The summed E-state index contributed by atoms with van der Waals surface area (Å²) in [5.74, 6) is -0.576. The highest BCUT2D eigenvalue weighted by Crippen LogP contribution is 2.34. The van der Waals surface area contributed by atoms with Crippen molar-refractivity contribution in [3.63, 3.8) is 0 Å². The molecule has 0 radical (unpaired) electrons. The van der Waals surface area contributed by atoms with Gasteiger partial charge >= 0.3 is 0 Å². The van der Waals surface area contributed by atoms with Crippen LogP contribution in [0.5, 0.6) is 11.5 Å². The number of nitrogens with zero attached hydrogens (tertiary/aromatic N) is 2. The van der Waals surface area contributed by atoms with Crippen LogP contribution < -0.4 is 15.4 Å². The molecule has 1 amide bonds. The van der Waals surface area contributed by atoms with E-state index in [1.165, 1.54) is 28.4 Å². The molecule has 2 saturated heterocycles. The second kappa shape index (κ2) is 11.5. The molecule has 0 spiro atoms. The smallest absolute Gasteiger partial charge is 0.220 e. The standard InChI is InChI=1S/C31H35F2N3O2/c1-21-2-5-25(36-16-12-24(13-17-36)31(34)37)18-28(21)23-10-14-35(15-11-23)20-22-3-6-26(7-4-22)38-27-8-9-29(32)30(33)19-27/h2-9,18-19,23-24H,10-17,20H2,1H3,(H2,34,37). The number of nitrogens with two attached hydrogens (primary N) is 1. The molecule has 2 aliphatic rings. The molecular weight excluding hydrogens is 484 g/mol. The lowest BCUT2D eigenvalue weighted by Crippen LogP contribution is -2.38. The van der Waals surface area contributed by atoms with Crippen LogP contribution >= 0.6 is 0 Å². The predicted molar refractivity (Wildman–Crippen MR) is 145 cm³/mol. The molecule has 5 nitrogen and oxygen atoms in total. The number of hydrogen-bond acceptors (Lipinski definition) is 4. The Morgan fingerprint density at radius 3 is 2.21 bits per heavy atom. The molecule has 3 aromatic rings. The van der Waals surface area contributed by atoms with Crippen molar-refractivity contribution < 1.29 is 18.3 Å². The minimum atomic E-state index is -0.922. The van der Waals surface area contributed by atoms with Crippen LogP contribution in [0.2, 0.25) is 0 Å². The van der Waals surface area contributed by atoms with Gasteiger partial charge in [0.25, 0.3) is 0 Å². The number of benzene rings is 3. The average Bonchev–Trinajstić information content (AvgIpc) is 2.93. The predicted octanol–water partition coefficient (Wildman–Crippen LogP) is 6.15. The molecule has 0 unspecified atom stereocenters. The van der Waals surface area contributed by atoms with E-state index in [9.17, 15) is 13.6 Å². The summed E-state index contributed by atoms with van der Waals surface area (Å²) in [7, 11) is 0. The van der Waals surface area contributed by atoms with Crippen molar-refractivity contribution in [3.8, 4) is 11.5 Å². The van der Waals surface area contributed by atoms with E-state index < -0.39 is 11.6 Å². The number of carbonyl (C=O) groups excluding carboxylic acids is 1. The van der Waals surface area contributed by atoms with Crippen molar-refractivity contribution in [1.29, 1.82) is 0 Å². The first-order valence-electron chi connectivity index (χ1n) is 13.4. The normalized spacial score (nSPS) is 17.5. The molecule has 0 aliphatic carbocycles. The van der Waals surface area contributed by atoms with E-state index in [1.807, 2.05) is 24.3 Å². The summed E-state index contributed by atoms with van der Waals surface area (Å²) in [6, 6.07) is 18.1. The van der Waals surface area contributed by atoms with Crippen LogP contribution in [-0.4, -0.2) is 37.0 Å². The average molecular weight is 520 g/mol. The summed E-state index contributed by atoms with van der Waals surface area (Å²) in [4.78, 5) is 16.4. The number of ether oxygens (including phenoxy) is 1. The number of aryl methyl sites for hydroxylation is 1.